The number of nitrogens with zero attached hydrogens (tertiary/aromatic N) is 1. The van der Waals surface area contributed by atoms with Gasteiger partial charge in [0.15, 0.2) is 0 Å². The first-order chi connectivity index (χ1) is 14.7. The van der Waals surface area contributed by atoms with Gasteiger partial charge in [-0.1, -0.05) is 23.7 Å². The molecular formula is C20H22ClN3O6S. The topological polar surface area (TPSA) is 131 Å². The van der Waals surface area contributed by atoms with Crippen LogP contribution in [-0.4, -0.2) is 45.0 Å². The van der Waals surface area contributed by atoms with Gasteiger partial charge in [0.25, 0.3) is 0 Å². The van der Waals surface area contributed by atoms with E-state index in [2.05, 4.69) is 5.32 Å². The summed E-state index contributed by atoms with van der Waals surface area (Å²) in [6, 6.07) is 10.8. The number of primary sulfonamides is 1. The number of hydroxylamine groups is 2. The number of carbonyl (C=O) groups excluding carboxylic acids is 1. The monoisotopic (exact) mass is 467 g/mol. The molecule has 0 saturated heterocycles. The summed E-state index contributed by atoms with van der Waals surface area (Å²) in [5.74, 6) is 0.280. The zero-order chi connectivity index (χ0) is 22.8. The number of carbonyl (C=O) groups is 1. The summed E-state index contributed by atoms with van der Waals surface area (Å²) in [6.07, 6.45) is -0.237. The Bertz CT molecular complexity index is 1120. The summed E-state index contributed by atoms with van der Waals surface area (Å²) in [5, 5.41) is 19.2. The molecule has 1 aliphatic rings. The van der Waals surface area contributed by atoms with Crippen LogP contribution in [-0.2, 0) is 19.7 Å². The lowest BCUT2D eigenvalue weighted by Gasteiger charge is -2.14. The third-order valence-electron chi connectivity index (χ3n) is 4.83. The summed E-state index contributed by atoms with van der Waals surface area (Å²) in [4.78, 5) is 17.3. The predicted molar refractivity (Wildman–Crippen MR) is 114 cm³/mol. The molecule has 0 aromatic heterocycles. The van der Waals surface area contributed by atoms with Crippen molar-refractivity contribution in [3.8, 4) is 5.75 Å². The van der Waals surface area contributed by atoms with Crippen LogP contribution in [0.5, 0.6) is 5.75 Å². The van der Waals surface area contributed by atoms with E-state index < -0.39 is 16.1 Å². The number of nitrogens with two attached hydrogens (primary N) is 1. The van der Waals surface area contributed by atoms with Gasteiger partial charge in [-0.25, -0.2) is 18.4 Å². The van der Waals surface area contributed by atoms with Gasteiger partial charge in [-0.2, -0.15) is 0 Å². The van der Waals surface area contributed by atoms with Crippen molar-refractivity contribution < 1.29 is 28.0 Å². The number of benzene rings is 2. The number of amides is 1. The van der Waals surface area contributed by atoms with Crippen LogP contribution < -0.4 is 15.2 Å². The van der Waals surface area contributed by atoms with Gasteiger partial charge in [-0.15, -0.1) is 5.23 Å². The van der Waals surface area contributed by atoms with E-state index in [1.165, 1.54) is 26.3 Å². The molecule has 9 nitrogen and oxygen atoms in total. The molecule has 2 aromatic rings. The number of nitrogens with one attached hydrogen (secondary N) is 1. The molecule has 11 heteroatoms. The summed E-state index contributed by atoms with van der Waals surface area (Å²) in [5.41, 5.74) is 2.01. The minimum absolute atomic E-state index is 0.0485. The van der Waals surface area contributed by atoms with Crippen LogP contribution in [0.15, 0.2) is 47.4 Å². The lowest BCUT2D eigenvalue weighted by Crippen LogP contribution is -2.22. The molecule has 0 radical (unpaired) electrons. The number of sulfonamides is 1. The van der Waals surface area contributed by atoms with Gasteiger partial charge in [-0.3, -0.25) is 10.0 Å². The van der Waals surface area contributed by atoms with Gasteiger partial charge < -0.3 is 10.1 Å². The maximum absolute atomic E-state index is 11.7. The zero-order valence-electron chi connectivity index (χ0n) is 16.8. The molecule has 0 saturated carbocycles. The lowest BCUT2D eigenvalue weighted by atomic mass is 9.93. The Morgan fingerprint density at radius 3 is 2.45 bits per heavy atom. The van der Waals surface area contributed by atoms with Crippen LogP contribution >= 0.6 is 11.6 Å². The van der Waals surface area contributed by atoms with Crippen LogP contribution in [0.2, 0.25) is 5.02 Å². The van der Waals surface area contributed by atoms with Gasteiger partial charge in [0.1, 0.15) is 17.6 Å². The fourth-order valence-corrected chi connectivity index (χ4v) is 4.07. The highest BCUT2D eigenvalue weighted by molar-refractivity contribution is 7.89. The average Bonchev–Trinajstić information content (AvgIpc) is 3.07. The first-order valence-corrected chi connectivity index (χ1v) is 11.2. The summed E-state index contributed by atoms with van der Waals surface area (Å²) in [7, 11) is -0.841. The fourth-order valence-electron chi connectivity index (χ4n) is 3.29. The zero-order valence-corrected chi connectivity index (χ0v) is 18.4. The van der Waals surface area contributed by atoms with Crippen LogP contribution in [0.3, 0.4) is 0 Å². The molecule has 1 heterocycles. The second-order valence-corrected chi connectivity index (χ2v) is 8.73. The second kappa shape index (κ2) is 9.25. The standard InChI is InChI=1S/C20H22ClN3O6S/c1-23-18(25)10-9-17-19(12-3-6-14(7-4-12)31(22,27)28)20(24(26)30-17)13-5-8-16(29-2)15(21)11-13/h3-8,11,17,26H,9-10H2,1-2H3,(H,23,25)(H2,22,27,28). The summed E-state index contributed by atoms with van der Waals surface area (Å²) < 4.78 is 28.4. The molecule has 4 N–H and O–H groups in total. The molecule has 1 amide bonds. The number of halogens is 1. The SMILES string of the molecule is CNC(=O)CCC1ON(O)C(c2ccc(OC)c(Cl)c2)=C1c1ccc(S(N)(=O)=O)cc1. The van der Waals surface area contributed by atoms with E-state index in [0.29, 0.717) is 38.4 Å². The van der Waals surface area contributed by atoms with E-state index in [1.807, 2.05) is 0 Å². The van der Waals surface area contributed by atoms with Gasteiger partial charge in [0.2, 0.25) is 15.9 Å². The van der Waals surface area contributed by atoms with Crippen molar-refractivity contribution in [2.45, 2.75) is 23.8 Å². The third kappa shape index (κ3) is 5.00. The van der Waals surface area contributed by atoms with Crippen molar-refractivity contribution >= 4 is 38.8 Å². The van der Waals surface area contributed by atoms with Gasteiger partial charge in [-0.05, 0) is 42.3 Å². The lowest BCUT2D eigenvalue weighted by molar-refractivity contribution is -0.297. The summed E-state index contributed by atoms with van der Waals surface area (Å²) >= 11 is 6.26. The van der Waals surface area contributed by atoms with E-state index in [-0.39, 0.29) is 23.6 Å². The van der Waals surface area contributed by atoms with E-state index in [9.17, 15) is 18.4 Å². The Morgan fingerprint density at radius 2 is 1.90 bits per heavy atom. The Hall–Kier alpha value is -2.63. The molecule has 3 rings (SSSR count). The highest BCUT2D eigenvalue weighted by atomic mass is 35.5. The van der Waals surface area contributed by atoms with Crippen molar-refractivity contribution in [3.63, 3.8) is 0 Å². The van der Waals surface area contributed by atoms with E-state index in [4.69, 9.17) is 26.3 Å². The molecule has 1 aliphatic heterocycles. The van der Waals surface area contributed by atoms with Crippen molar-refractivity contribution in [3.05, 3.63) is 58.6 Å². The Labute approximate surface area is 185 Å². The third-order valence-corrected chi connectivity index (χ3v) is 6.05. The van der Waals surface area contributed by atoms with Crippen molar-refractivity contribution in [2.75, 3.05) is 14.2 Å². The molecule has 2 aromatic carbocycles. The number of ether oxygens (including phenoxy) is 1. The maximum Gasteiger partial charge on any atom is 0.238 e. The van der Waals surface area contributed by atoms with E-state index >= 15 is 0 Å². The van der Waals surface area contributed by atoms with Crippen LogP contribution in [0, 0.1) is 0 Å². The van der Waals surface area contributed by atoms with Gasteiger partial charge in [0, 0.05) is 24.6 Å². The molecule has 0 spiro atoms. The smallest absolute Gasteiger partial charge is 0.238 e. The Balaban J connectivity index is 2.12. The maximum atomic E-state index is 11.7. The van der Waals surface area contributed by atoms with Crippen LogP contribution in [0.1, 0.15) is 24.0 Å². The van der Waals surface area contributed by atoms with Crippen LogP contribution in [0.25, 0.3) is 11.3 Å². The molecule has 0 bridgehead atoms. The highest BCUT2D eigenvalue weighted by Gasteiger charge is 2.35. The van der Waals surface area contributed by atoms with Gasteiger partial charge >= 0.3 is 0 Å². The molecule has 166 valence electrons. The highest BCUT2D eigenvalue weighted by Crippen LogP contribution is 2.41. The Kier molecular flexibility index (Phi) is 6.87. The first kappa shape index (κ1) is 23.0. The quantitative estimate of drug-likeness (QED) is 0.569. The molecule has 31 heavy (non-hydrogen) atoms. The van der Waals surface area contributed by atoms with Crippen molar-refractivity contribution in [2.24, 2.45) is 5.14 Å². The molecule has 1 atom stereocenters. The van der Waals surface area contributed by atoms with E-state index in [1.54, 1.807) is 30.3 Å². The minimum atomic E-state index is -3.86. The normalized spacial score (nSPS) is 16.5. The fraction of sp³-hybridized carbons (Fsp3) is 0.250. The average molecular weight is 468 g/mol. The molecule has 0 fully saturated rings. The Morgan fingerprint density at radius 1 is 1.26 bits per heavy atom. The van der Waals surface area contributed by atoms with E-state index in [0.717, 1.165) is 0 Å². The first-order valence-electron chi connectivity index (χ1n) is 9.23. The number of hydrogen-bond acceptors (Lipinski definition) is 7. The summed E-state index contributed by atoms with van der Waals surface area (Å²) in [6.45, 7) is 0. The molecule has 0 aliphatic carbocycles. The number of hydrogen-bond donors (Lipinski definition) is 3. The number of rotatable bonds is 7. The number of methoxy groups -OCH3 is 1. The van der Waals surface area contributed by atoms with Gasteiger partial charge in [0.05, 0.1) is 17.0 Å². The van der Waals surface area contributed by atoms with Crippen molar-refractivity contribution in [1.29, 1.82) is 0 Å². The van der Waals surface area contributed by atoms with Crippen LogP contribution in [0.4, 0.5) is 0 Å². The van der Waals surface area contributed by atoms with Crippen molar-refractivity contribution in [1.82, 2.24) is 10.5 Å². The largest absolute Gasteiger partial charge is 0.495 e. The molecule has 1 unspecified atom stereocenters. The second-order valence-electron chi connectivity index (χ2n) is 6.76. The minimum Gasteiger partial charge on any atom is -0.495 e. The molecular weight excluding hydrogens is 446 g/mol. The predicted octanol–water partition coefficient (Wildman–Crippen LogP) is 2.40.